The highest BCUT2D eigenvalue weighted by Crippen LogP contribution is 2.54. The maximum Gasteiger partial charge on any atom is 0.327 e. The van der Waals surface area contributed by atoms with E-state index in [2.05, 4.69) is 13.5 Å². The van der Waals surface area contributed by atoms with Crippen LogP contribution in [0.15, 0.2) is 36.0 Å². The molecule has 0 radical (unpaired) electrons. The van der Waals surface area contributed by atoms with Gasteiger partial charge in [-0.25, -0.2) is 0 Å². The van der Waals surface area contributed by atoms with Gasteiger partial charge in [0.25, 0.3) is 0 Å². The number of unbranched alkanes of at least 4 members (excludes halogenated alkanes) is 1. The number of fused-ring (bicyclic) bond motifs is 1. The number of carbonyl (C=O) groups is 3. The highest BCUT2D eigenvalue weighted by atomic mass is 16.5. The molecule has 6 nitrogen and oxygen atoms in total. The lowest BCUT2D eigenvalue weighted by Crippen LogP contribution is -2.47. The zero-order valence-electron chi connectivity index (χ0n) is 16.4. The van der Waals surface area contributed by atoms with Crippen LogP contribution in [0.5, 0.6) is 0 Å². The summed E-state index contributed by atoms with van der Waals surface area (Å²) in [5, 5.41) is 0. The van der Waals surface area contributed by atoms with E-state index < -0.39 is 35.3 Å². The summed E-state index contributed by atoms with van der Waals surface area (Å²) in [7, 11) is 2.50. The van der Waals surface area contributed by atoms with Gasteiger partial charge in [0, 0.05) is 18.8 Å². The number of ether oxygens (including phenoxy) is 3. The summed E-state index contributed by atoms with van der Waals surface area (Å²) < 4.78 is 15.3. The van der Waals surface area contributed by atoms with Gasteiger partial charge in [-0.05, 0) is 30.9 Å². The highest BCUT2D eigenvalue weighted by molar-refractivity contribution is 6.04. The molecule has 0 amide bonds. The molecule has 0 N–H and O–H groups in total. The molecule has 2 rings (SSSR count). The van der Waals surface area contributed by atoms with E-state index in [0.29, 0.717) is 6.42 Å². The number of esters is 3. The number of methoxy groups -OCH3 is 2. The molecule has 148 valence electrons. The van der Waals surface area contributed by atoms with E-state index in [1.54, 1.807) is 6.08 Å². The predicted molar refractivity (Wildman–Crippen MR) is 99.5 cm³/mol. The average Bonchev–Trinajstić information content (AvgIpc) is 3.00. The maximum atomic E-state index is 12.8. The van der Waals surface area contributed by atoms with Crippen LogP contribution in [0.2, 0.25) is 0 Å². The molecule has 6 heteroatoms. The van der Waals surface area contributed by atoms with Crippen molar-refractivity contribution in [3.63, 3.8) is 0 Å². The summed E-state index contributed by atoms with van der Waals surface area (Å²) in [6, 6.07) is 0. The van der Waals surface area contributed by atoms with Crippen LogP contribution in [0.4, 0.5) is 0 Å². The van der Waals surface area contributed by atoms with E-state index in [1.165, 1.54) is 21.1 Å². The van der Waals surface area contributed by atoms with Crippen molar-refractivity contribution >= 4 is 17.9 Å². The predicted octanol–water partition coefficient (Wildman–Crippen LogP) is 3.13. The Morgan fingerprint density at radius 3 is 2.33 bits per heavy atom. The Morgan fingerprint density at radius 2 is 1.81 bits per heavy atom. The minimum atomic E-state index is -1.57. The van der Waals surface area contributed by atoms with Crippen LogP contribution in [0.1, 0.15) is 39.5 Å². The summed E-state index contributed by atoms with van der Waals surface area (Å²) in [4.78, 5) is 36.9. The molecule has 0 aliphatic heterocycles. The number of hydrogen-bond acceptors (Lipinski definition) is 6. The molecular formula is C21H28O6. The van der Waals surface area contributed by atoms with E-state index in [0.717, 1.165) is 30.4 Å². The van der Waals surface area contributed by atoms with Crippen molar-refractivity contribution in [2.45, 2.75) is 45.6 Å². The highest BCUT2D eigenvalue weighted by Gasteiger charge is 2.60. The van der Waals surface area contributed by atoms with E-state index in [4.69, 9.17) is 14.2 Å². The molecule has 0 saturated carbocycles. The molecule has 0 fully saturated rings. The van der Waals surface area contributed by atoms with Crippen molar-refractivity contribution in [3.8, 4) is 0 Å². The van der Waals surface area contributed by atoms with Crippen LogP contribution in [0.25, 0.3) is 0 Å². The van der Waals surface area contributed by atoms with Gasteiger partial charge in [0.2, 0.25) is 0 Å². The Labute approximate surface area is 160 Å². The minimum absolute atomic E-state index is 0.181. The largest absolute Gasteiger partial charge is 0.468 e. The van der Waals surface area contributed by atoms with E-state index in [1.807, 2.05) is 12.2 Å². The van der Waals surface area contributed by atoms with Gasteiger partial charge in [-0.2, -0.15) is 0 Å². The summed E-state index contributed by atoms with van der Waals surface area (Å²) in [5.74, 6) is -2.39. The molecule has 0 saturated heterocycles. The lowest BCUT2D eigenvalue weighted by molar-refractivity contribution is -0.170. The van der Waals surface area contributed by atoms with E-state index in [9.17, 15) is 14.4 Å². The second kappa shape index (κ2) is 8.55. The first-order valence-corrected chi connectivity index (χ1v) is 9.25. The molecule has 0 aromatic carbocycles. The Balaban J connectivity index is 2.52. The lowest BCUT2D eigenvalue weighted by atomic mass is 9.69. The normalized spacial score (nSPS) is 25.2. The molecule has 2 aliphatic carbocycles. The van der Waals surface area contributed by atoms with Crippen LogP contribution in [-0.4, -0.2) is 38.2 Å². The fraction of sp³-hybridized carbons (Fsp3) is 0.571. The smallest absolute Gasteiger partial charge is 0.327 e. The van der Waals surface area contributed by atoms with Gasteiger partial charge in [-0.1, -0.05) is 37.6 Å². The summed E-state index contributed by atoms with van der Waals surface area (Å²) >= 11 is 0. The molecule has 3 atom stereocenters. The van der Waals surface area contributed by atoms with Crippen LogP contribution in [0.3, 0.4) is 0 Å². The first-order valence-electron chi connectivity index (χ1n) is 9.25. The van der Waals surface area contributed by atoms with Crippen molar-refractivity contribution in [3.05, 3.63) is 36.0 Å². The molecule has 0 spiro atoms. The third-order valence-electron chi connectivity index (χ3n) is 5.38. The number of allylic oxidation sites excluding steroid dienone is 3. The molecular weight excluding hydrogens is 348 g/mol. The van der Waals surface area contributed by atoms with Crippen LogP contribution >= 0.6 is 0 Å². The summed E-state index contributed by atoms with van der Waals surface area (Å²) in [5.41, 5.74) is 0.195. The topological polar surface area (TPSA) is 78.9 Å². The Bertz CT molecular complexity index is 671. The first-order chi connectivity index (χ1) is 12.8. The van der Waals surface area contributed by atoms with Gasteiger partial charge in [0.05, 0.1) is 14.2 Å². The Kier molecular flexibility index (Phi) is 6.63. The van der Waals surface area contributed by atoms with E-state index in [-0.39, 0.29) is 5.92 Å². The van der Waals surface area contributed by atoms with E-state index >= 15 is 0 Å². The zero-order chi connectivity index (χ0) is 20.2. The SMILES string of the molecule is C=C(CCCC)C1=CC(C(=O)OC)(C(=O)OC)[C@@H]2C[C@@H](OC(C)=O)C=C[C@H]12. The number of rotatable bonds is 7. The van der Waals surface area contributed by atoms with Crippen molar-refractivity contribution in [2.24, 2.45) is 17.3 Å². The molecule has 27 heavy (non-hydrogen) atoms. The fourth-order valence-electron chi connectivity index (χ4n) is 4.11. The number of carbonyl (C=O) groups excluding carboxylic acids is 3. The molecule has 2 aliphatic rings. The molecule has 0 aromatic rings. The second-order valence-corrected chi connectivity index (χ2v) is 7.06. The summed E-state index contributed by atoms with van der Waals surface area (Å²) in [6.45, 7) is 7.60. The zero-order valence-corrected chi connectivity index (χ0v) is 16.4. The van der Waals surface area contributed by atoms with Gasteiger partial charge in [-0.3, -0.25) is 14.4 Å². The van der Waals surface area contributed by atoms with Crippen LogP contribution < -0.4 is 0 Å². The molecule has 0 unspecified atom stereocenters. The van der Waals surface area contributed by atoms with Gasteiger partial charge in [-0.15, -0.1) is 0 Å². The van der Waals surface area contributed by atoms with Crippen LogP contribution in [-0.2, 0) is 28.6 Å². The second-order valence-electron chi connectivity index (χ2n) is 7.06. The molecule has 0 heterocycles. The quantitative estimate of drug-likeness (QED) is 0.294. The van der Waals surface area contributed by atoms with Crippen molar-refractivity contribution in [1.29, 1.82) is 0 Å². The standard InChI is InChI=1S/C21H28O6/c1-6-7-8-13(2)17-12-21(19(23)25-4,20(24)26-5)18-11-15(27-14(3)22)9-10-16(17)18/h9-10,12,15-16,18H,2,6-8,11H2,1,3-5H3/t15-,16+,18+/m0/s1. The first kappa shape index (κ1) is 20.9. The van der Waals surface area contributed by atoms with Crippen molar-refractivity contribution in [1.82, 2.24) is 0 Å². The maximum absolute atomic E-state index is 12.8. The van der Waals surface area contributed by atoms with Crippen LogP contribution in [0, 0.1) is 17.3 Å². The Morgan fingerprint density at radius 1 is 1.19 bits per heavy atom. The third kappa shape index (κ3) is 3.84. The minimum Gasteiger partial charge on any atom is -0.468 e. The fourth-order valence-corrected chi connectivity index (χ4v) is 4.11. The van der Waals surface area contributed by atoms with Crippen molar-refractivity contribution < 1.29 is 28.6 Å². The van der Waals surface area contributed by atoms with Crippen molar-refractivity contribution in [2.75, 3.05) is 14.2 Å². The van der Waals surface area contributed by atoms with Gasteiger partial charge < -0.3 is 14.2 Å². The van der Waals surface area contributed by atoms with Gasteiger partial charge in [0.1, 0.15) is 6.10 Å². The third-order valence-corrected chi connectivity index (χ3v) is 5.38. The molecule has 0 bridgehead atoms. The van der Waals surface area contributed by atoms with Gasteiger partial charge in [0.15, 0.2) is 5.41 Å². The molecule has 0 aromatic heterocycles. The summed E-state index contributed by atoms with van der Waals surface area (Å²) in [6.07, 6.45) is 7.97. The average molecular weight is 376 g/mol. The lowest BCUT2D eigenvalue weighted by Gasteiger charge is -2.36. The van der Waals surface area contributed by atoms with Gasteiger partial charge >= 0.3 is 17.9 Å². The Hall–Kier alpha value is -2.37. The number of hydrogen-bond donors (Lipinski definition) is 0. The monoisotopic (exact) mass is 376 g/mol.